The summed E-state index contributed by atoms with van der Waals surface area (Å²) in [5.41, 5.74) is 4.64. The van der Waals surface area contributed by atoms with Gasteiger partial charge in [0.05, 0.1) is 5.69 Å². The van der Waals surface area contributed by atoms with Crippen molar-refractivity contribution in [3.8, 4) is 0 Å². The first-order chi connectivity index (χ1) is 12.8. The van der Waals surface area contributed by atoms with Crippen LogP contribution >= 0.6 is 27.7 Å². The summed E-state index contributed by atoms with van der Waals surface area (Å²) in [4.78, 5) is 4.91. The zero-order chi connectivity index (χ0) is 17.9. The van der Waals surface area contributed by atoms with Crippen molar-refractivity contribution in [2.45, 2.75) is 11.4 Å². The molecule has 2 atom stereocenters. The zero-order valence-corrected chi connectivity index (χ0v) is 16.7. The molecule has 4 rings (SSSR count). The summed E-state index contributed by atoms with van der Waals surface area (Å²) in [5, 5.41) is 1.00. The maximum atomic E-state index is 5.88. The van der Waals surface area contributed by atoms with E-state index < -0.39 is 0 Å². The highest BCUT2D eigenvalue weighted by molar-refractivity contribution is 9.10. The van der Waals surface area contributed by atoms with E-state index in [0.29, 0.717) is 0 Å². The van der Waals surface area contributed by atoms with Crippen LogP contribution in [0.5, 0.6) is 0 Å². The molecule has 0 fully saturated rings. The first kappa shape index (κ1) is 17.5. The molecular weight excluding hydrogens is 406 g/mol. The average molecular weight is 424 g/mol. The first-order valence-electron chi connectivity index (χ1n) is 8.44. The van der Waals surface area contributed by atoms with Crippen LogP contribution in [0.15, 0.2) is 88.3 Å². The van der Waals surface area contributed by atoms with Crippen LogP contribution in [0.3, 0.4) is 0 Å². The second-order valence-electron chi connectivity index (χ2n) is 6.09. The van der Waals surface area contributed by atoms with Gasteiger partial charge in [-0.25, -0.2) is 4.99 Å². The molecule has 0 aromatic heterocycles. The fraction of sp³-hybridized carbons (Fsp3) is 0.136. The summed E-state index contributed by atoms with van der Waals surface area (Å²) in [6, 6.07) is 27.1. The second-order valence-corrected chi connectivity index (χ2v) is 8.09. The third kappa shape index (κ3) is 3.50. The van der Waals surface area contributed by atoms with Crippen molar-refractivity contribution in [1.82, 2.24) is 0 Å². The Morgan fingerprint density at radius 3 is 2.31 bits per heavy atom. The van der Waals surface area contributed by atoms with Crippen molar-refractivity contribution in [3.63, 3.8) is 0 Å². The van der Waals surface area contributed by atoms with Gasteiger partial charge in [0.2, 0.25) is 0 Å². The summed E-state index contributed by atoms with van der Waals surface area (Å²) < 4.78 is 6.93. The average Bonchev–Trinajstić information content (AvgIpc) is 2.70. The van der Waals surface area contributed by atoms with Crippen LogP contribution in [-0.2, 0) is 4.74 Å². The van der Waals surface area contributed by atoms with Gasteiger partial charge in [0.25, 0.3) is 0 Å². The minimum Gasteiger partial charge on any atom is -0.369 e. The molecule has 0 spiro atoms. The van der Waals surface area contributed by atoms with E-state index in [4.69, 9.17) is 9.73 Å². The van der Waals surface area contributed by atoms with E-state index in [1.54, 1.807) is 18.9 Å². The molecule has 3 aromatic rings. The molecule has 0 N–H and O–H groups in total. The van der Waals surface area contributed by atoms with Gasteiger partial charge in [0.1, 0.15) is 10.5 Å². The van der Waals surface area contributed by atoms with Crippen molar-refractivity contribution in [1.29, 1.82) is 0 Å². The molecule has 0 saturated heterocycles. The molecule has 0 amide bonds. The molecule has 130 valence electrons. The largest absolute Gasteiger partial charge is 0.369 e. The maximum absolute atomic E-state index is 5.88. The van der Waals surface area contributed by atoms with Crippen LogP contribution in [0, 0.1) is 0 Å². The summed E-state index contributed by atoms with van der Waals surface area (Å²) >= 11 is 5.17. The lowest BCUT2D eigenvalue weighted by molar-refractivity contribution is 0.160. The molecule has 0 aliphatic carbocycles. The van der Waals surface area contributed by atoms with E-state index in [2.05, 4.69) is 64.5 Å². The number of nitrogens with zero attached hydrogens (tertiary/aromatic N) is 1. The maximum Gasteiger partial charge on any atom is 0.119 e. The molecule has 2 nitrogen and oxygen atoms in total. The lowest BCUT2D eigenvalue weighted by Gasteiger charge is -2.33. The van der Waals surface area contributed by atoms with Gasteiger partial charge >= 0.3 is 0 Å². The number of hydrogen-bond donors (Lipinski definition) is 0. The highest BCUT2D eigenvalue weighted by Crippen LogP contribution is 2.44. The van der Waals surface area contributed by atoms with Gasteiger partial charge in [-0.2, -0.15) is 0 Å². The van der Waals surface area contributed by atoms with Crippen molar-refractivity contribution < 1.29 is 4.74 Å². The fourth-order valence-electron chi connectivity index (χ4n) is 3.25. The Morgan fingerprint density at radius 1 is 0.885 bits per heavy atom. The van der Waals surface area contributed by atoms with Gasteiger partial charge < -0.3 is 4.74 Å². The van der Waals surface area contributed by atoms with Gasteiger partial charge in [-0.3, -0.25) is 0 Å². The second kappa shape index (κ2) is 7.78. The van der Waals surface area contributed by atoms with E-state index in [1.165, 1.54) is 16.7 Å². The quantitative estimate of drug-likeness (QED) is 0.487. The Balaban J connectivity index is 1.82. The van der Waals surface area contributed by atoms with Gasteiger partial charge in [-0.05, 0) is 35.4 Å². The molecule has 0 radical (unpaired) electrons. The summed E-state index contributed by atoms with van der Waals surface area (Å²) in [6.07, 6.45) is 0. The summed E-state index contributed by atoms with van der Waals surface area (Å²) in [6.45, 7) is 0. The molecule has 1 aliphatic rings. The number of ether oxygens (including phenoxy) is 1. The Kier molecular flexibility index (Phi) is 5.25. The molecule has 26 heavy (non-hydrogen) atoms. The molecule has 4 heteroatoms. The zero-order valence-electron chi connectivity index (χ0n) is 14.3. The minimum atomic E-state index is -0.0125. The van der Waals surface area contributed by atoms with Crippen LogP contribution in [0.4, 0.5) is 5.69 Å². The molecular formula is C22H18BrNOS. The smallest absolute Gasteiger partial charge is 0.119 e. The van der Waals surface area contributed by atoms with Gasteiger partial charge in [0, 0.05) is 23.1 Å². The molecule has 0 unspecified atom stereocenters. The predicted octanol–water partition coefficient (Wildman–Crippen LogP) is 6.38. The van der Waals surface area contributed by atoms with Gasteiger partial charge in [0.15, 0.2) is 0 Å². The van der Waals surface area contributed by atoms with Crippen LogP contribution in [0.25, 0.3) is 0 Å². The lowest BCUT2D eigenvalue weighted by Crippen LogP contribution is -2.27. The van der Waals surface area contributed by atoms with Crippen LogP contribution < -0.4 is 0 Å². The molecule has 1 heterocycles. The third-order valence-corrected chi connectivity index (χ3v) is 6.23. The number of rotatable bonds is 3. The fourth-order valence-corrected chi connectivity index (χ4v) is 4.74. The lowest BCUT2D eigenvalue weighted by atomic mass is 9.88. The van der Waals surface area contributed by atoms with E-state index in [9.17, 15) is 0 Å². The van der Waals surface area contributed by atoms with E-state index in [0.717, 1.165) is 15.2 Å². The number of hydrogen-bond acceptors (Lipinski definition) is 3. The Hall–Kier alpha value is -1.88. The van der Waals surface area contributed by atoms with Crippen LogP contribution in [0.2, 0.25) is 0 Å². The standard InChI is InChI=1S/C22H18BrNOS/c1-25-22-20(15-7-3-2-4-8-15)18-9-5-6-10-19(18)21(26-22)24-17-13-11-16(23)12-14-17/h2-14,20,22H,1H3/t20-,22-/m1/s1. The normalized spacial score (nSPS) is 20.8. The van der Waals surface area contributed by atoms with Gasteiger partial charge in [-0.1, -0.05) is 82.3 Å². The highest BCUT2D eigenvalue weighted by Gasteiger charge is 2.34. The Labute approximate surface area is 166 Å². The monoisotopic (exact) mass is 423 g/mol. The predicted molar refractivity (Wildman–Crippen MR) is 113 cm³/mol. The van der Waals surface area contributed by atoms with E-state index in [-0.39, 0.29) is 11.4 Å². The van der Waals surface area contributed by atoms with Gasteiger partial charge in [-0.15, -0.1) is 0 Å². The molecule has 0 bridgehead atoms. The molecule has 0 saturated carbocycles. The SMILES string of the molecule is CO[C@@H]1SC(=Nc2ccc(Br)cc2)c2ccccc2[C@H]1c1ccccc1. The minimum absolute atomic E-state index is 0.0125. The number of thioether (sulfide) groups is 1. The Bertz CT molecular complexity index is 924. The molecule has 3 aromatic carbocycles. The van der Waals surface area contributed by atoms with Crippen molar-refractivity contribution in [3.05, 3.63) is 100 Å². The summed E-state index contributed by atoms with van der Waals surface area (Å²) in [5.74, 6) is 0.186. The number of fused-ring (bicyclic) bond motifs is 1. The number of benzene rings is 3. The first-order valence-corrected chi connectivity index (χ1v) is 10.1. The van der Waals surface area contributed by atoms with E-state index in [1.807, 2.05) is 30.3 Å². The van der Waals surface area contributed by atoms with Crippen LogP contribution in [0.1, 0.15) is 22.6 Å². The molecule has 1 aliphatic heterocycles. The number of halogens is 1. The van der Waals surface area contributed by atoms with Crippen molar-refractivity contribution in [2.24, 2.45) is 4.99 Å². The van der Waals surface area contributed by atoms with Crippen molar-refractivity contribution >= 4 is 38.4 Å². The number of methoxy groups -OCH3 is 1. The number of aliphatic imine (C=N–C) groups is 1. The Morgan fingerprint density at radius 2 is 1.58 bits per heavy atom. The third-order valence-electron chi connectivity index (χ3n) is 4.47. The van der Waals surface area contributed by atoms with E-state index >= 15 is 0 Å². The van der Waals surface area contributed by atoms with Crippen molar-refractivity contribution in [2.75, 3.05) is 7.11 Å². The topological polar surface area (TPSA) is 21.6 Å². The van der Waals surface area contributed by atoms with Crippen LogP contribution in [-0.4, -0.2) is 17.6 Å². The highest BCUT2D eigenvalue weighted by atomic mass is 79.9. The summed E-state index contributed by atoms with van der Waals surface area (Å²) in [7, 11) is 1.78.